The van der Waals surface area contributed by atoms with Crippen molar-refractivity contribution in [3.63, 3.8) is 0 Å². The number of benzene rings is 2. The molecular formula is C15H12BrClO4. The Bertz CT molecular complexity index is 647. The number of methoxy groups -OCH3 is 2. The number of halogens is 2. The first kappa shape index (κ1) is 15.7. The summed E-state index contributed by atoms with van der Waals surface area (Å²) in [5, 5.41) is 0.363. The van der Waals surface area contributed by atoms with Crippen LogP contribution in [0.25, 0.3) is 0 Å². The summed E-state index contributed by atoms with van der Waals surface area (Å²) in [6.45, 7) is 0. The van der Waals surface area contributed by atoms with Crippen LogP contribution in [0.1, 0.15) is 10.4 Å². The van der Waals surface area contributed by atoms with Gasteiger partial charge in [0.05, 0.1) is 24.8 Å². The molecule has 0 radical (unpaired) electrons. The van der Waals surface area contributed by atoms with Crippen LogP contribution in [0.2, 0.25) is 5.02 Å². The number of carbonyl (C=O) groups is 1. The minimum atomic E-state index is -0.549. The van der Waals surface area contributed by atoms with E-state index >= 15 is 0 Å². The summed E-state index contributed by atoms with van der Waals surface area (Å²) in [5.74, 6) is 0.693. The fourth-order valence-corrected chi connectivity index (χ4v) is 2.40. The lowest BCUT2D eigenvalue weighted by Gasteiger charge is -2.11. The van der Waals surface area contributed by atoms with E-state index in [0.717, 1.165) is 0 Å². The number of hydrogen-bond donors (Lipinski definition) is 0. The topological polar surface area (TPSA) is 44.8 Å². The Balaban J connectivity index is 2.33. The number of para-hydroxylation sites is 1. The van der Waals surface area contributed by atoms with Gasteiger partial charge in [-0.2, -0.15) is 0 Å². The molecule has 0 aromatic heterocycles. The first-order valence-corrected chi connectivity index (χ1v) is 7.12. The third-order valence-corrected chi connectivity index (χ3v) is 3.81. The molecule has 0 saturated heterocycles. The number of carbonyl (C=O) groups excluding carboxylic acids is 1. The molecule has 0 amide bonds. The Labute approximate surface area is 135 Å². The first-order chi connectivity index (χ1) is 10.1. The lowest BCUT2D eigenvalue weighted by Crippen LogP contribution is -2.09. The second-order valence-corrected chi connectivity index (χ2v) is 5.21. The highest BCUT2D eigenvalue weighted by atomic mass is 79.9. The second kappa shape index (κ2) is 6.83. The zero-order chi connectivity index (χ0) is 15.4. The second-order valence-electron chi connectivity index (χ2n) is 4.01. The minimum absolute atomic E-state index is 0.296. The Morgan fingerprint density at radius 2 is 1.62 bits per heavy atom. The molecule has 2 aromatic carbocycles. The van der Waals surface area contributed by atoms with Gasteiger partial charge in [-0.1, -0.05) is 23.7 Å². The smallest absolute Gasteiger partial charge is 0.343 e. The van der Waals surface area contributed by atoms with E-state index in [1.54, 1.807) is 36.4 Å². The van der Waals surface area contributed by atoms with E-state index < -0.39 is 5.97 Å². The maximum atomic E-state index is 12.2. The van der Waals surface area contributed by atoms with E-state index in [-0.39, 0.29) is 0 Å². The van der Waals surface area contributed by atoms with Gasteiger partial charge in [0.25, 0.3) is 0 Å². The van der Waals surface area contributed by atoms with E-state index in [2.05, 4.69) is 15.9 Å². The standard InChI is InChI=1S/C15H12BrClO4/c1-19-12-7-9(8-13(20-2)14(12)16)15(18)21-11-6-4-3-5-10(11)17/h3-8H,1-2H3. The fourth-order valence-electron chi connectivity index (χ4n) is 1.67. The van der Waals surface area contributed by atoms with Crippen molar-refractivity contribution in [1.82, 2.24) is 0 Å². The number of ether oxygens (including phenoxy) is 3. The molecule has 0 bridgehead atoms. The summed E-state index contributed by atoms with van der Waals surface area (Å²) in [6.07, 6.45) is 0. The van der Waals surface area contributed by atoms with Gasteiger partial charge < -0.3 is 14.2 Å². The molecule has 0 fully saturated rings. The molecule has 0 saturated carbocycles. The monoisotopic (exact) mass is 370 g/mol. The molecule has 0 aliphatic carbocycles. The summed E-state index contributed by atoms with van der Waals surface area (Å²) < 4.78 is 16.3. The summed E-state index contributed by atoms with van der Waals surface area (Å²) in [6, 6.07) is 9.88. The van der Waals surface area contributed by atoms with Gasteiger partial charge in [-0.15, -0.1) is 0 Å². The van der Waals surface area contributed by atoms with Crippen molar-refractivity contribution in [2.45, 2.75) is 0 Å². The zero-order valence-electron chi connectivity index (χ0n) is 11.4. The van der Waals surface area contributed by atoms with Gasteiger partial charge in [0, 0.05) is 0 Å². The predicted octanol–water partition coefficient (Wildman–Crippen LogP) is 4.34. The Morgan fingerprint density at radius 3 is 2.14 bits per heavy atom. The van der Waals surface area contributed by atoms with Crippen molar-refractivity contribution >= 4 is 33.5 Å². The lowest BCUT2D eigenvalue weighted by molar-refractivity contribution is 0.0734. The van der Waals surface area contributed by atoms with Crippen LogP contribution in [0.3, 0.4) is 0 Å². The molecule has 0 N–H and O–H groups in total. The highest BCUT2D eigenvalue weighted by molar-refractivity contribution is 9.10. The van der Waals surface area contributed by atoms with Gasteiger partial charge in [0.2, 0.25) is 0 Å². The van der Waals surface area contributed by atoms with Crippen LogP contribution in [0.4, 0.5) is 0 Å². The number of esters is 1. The van der Waals surface area contributed by atoms with Crippen LogP contribution in [-0.4, -0.2) is 20.2 Å². The van der Waals surface area contributed by atoms with E-state index in [0.29, 0.717) is 32.3 Å². The number of rotatable bonds is 4. The van der Waals surface area contributed by atoms with Crippen molar-refractivity contribution in [2.24, 2.45) is 0 Å². The minimum Gasteiger partial charge on any atom is -0.495 e. The SMILES string of the molecule is COc1cc(C(=O)Oc2ccccc2Cl)cc(OC)c1Br. The highest BCUT2D eigenvalue weighted by Gasteiger charge is 2.17. The van der Waals surface area contributed by atoms with E-state index in [4.69, 9.17) is 25.8 Å². The summed E-state index contributed by atoms with van der Waals surface area (Å²) in [4.78, 5) is 12.2. The molecule has 0 aliphatic rings. The number of hydrogen-bond acceptors (Lipinski definition) is 4. The van der Waals surface area contributed by atoms with Crippen LogP contribution in [0, 0.1) is 0 Å². The zero-order valence-corrected chi connectivity index (χ0v) is 13.7. The molecule has 21 heavy (non-hydrogen) atoms. The molecular weight excluding hydrogens is 360 g/mol. The van der Waals surface area contributed by atoms with Crippen LogP contribution in [0.5, 0.6) is 17.2 Å². The van der Waals surface area contributed by atoms with Gasteiger partial charge in [0.1, 0.15) is 21.7 Å². The van der Waals surface area contributed by atoms with Gasteiger partial charge in [-0.3, -0.25) is 0 Å². The molecule has 6 heteroatoms. The first-order valence-electron chi connectivity index (χ1n) is 5.95. The predicted molar refractivity (Wildman–Crippen MR) is 83.7 cm³/mol. The van der Waals surface area contributed by atoms with E-state index in [1.807, 2.05) is 0 Å². The fraction of sp³-hybridized carbons (Fsp3) is 0.133. The van der Waals surface area contributed by atoms with Crippen molar-refractivity contribution in [1.29, 1.82) is 0 Å². The van der Waals surface area contributed by atoms with Crippen molar-refractivity contribution in [3.8, 4) is 17.2 Å². The van der Waals surface area contributed by atoms with Crippen LogP contribution in [-0.2, 0) is 0 Å². The quantitative estimate of drug-likeness (QED) is 0.592. The molecule has 110 valence electrons. The summed E-state index contributed by atoms with van der Waals surface area (Å²) in [7, 11) is 3.01. The normalized spacial score (nSPS) is 10.1. The van der Waals surface area contributed by atoms with Crippen molar-refractivity contribution < 1.29 is 19.0 Å². The van der Waals surface area contributed by atoms with Crippen LogP contribution >= 0.6 is 27.5 Å². The van der Waals surface area contributed by atoms with Crippen LogP contribution in [0.15, 0.2) is 40.9 Å². The lowest BCUT2D eigenvalue weighted by atomic mass is 10.2. The largest absolute Gasteiger partial charge is 0.495 e. The average molecular weight is 372 g/mol. The highest BCUT2D eigenvalue weighted by Crippen LogP contribution is 2.36. The molecule has 2 rings (SSSR count). The molecule has 0 unspecified atom stereocenters. The van der Waals surface area contributed by atoms with Crippen molar-refractivity contribution in [3.05, 3.63) is 51.5 Å². The molecule has 0 spiro atoms. The molecule has 4 nitrogen and oxygen atoms in total. The third-order valence-electron chi connectivity index (χ3n) is 2.72. The molecule has 2 aromatic rings. The Kier molecular flexibility index (Phi) is 5.09. The van der Waals surface area contributed by atoms with Gasteiger partial charge >= 0.3 is 5.97 Å². The molecule has 0 aliphatic heterocycles. The van der Waals surface area contributed by atoms with Crippen molar-refractivity contribution in [2.75, 3.05) is 14.2 Å². The van der Waals surface area contributed by atoms with Gasteiger partial charge in [-0.25, -0.2) is 4.79 Å². The molecule has 0 heterocycles. The Morgan fingerprint density at radius 1 is 1.05 bits per heavy atom. The van der Waals surface area contributed by atoms with E-state index in [9.17, 15) is 4.79 Å². The maximum Gasteiger partial charge on any atom is 0.343 e. The third kappa shape index (κ3) is 3.49. The maximum absolute atomic E-state index is 12.2. The summed E-state index contributed by atoms with van der Waals surface area (Å²) in [5.41, 5.74) is 0.298. The van der Waals surface area contributed by atoms with E-state index in [1.165, 1.54) is 14.2 Å². The average Bonchev–Trinajstić information content (AvgIpc) is 2.49. The molecule has 0 atom stereocenters. The van der Waals surface area contributed by atoms with Gasteiger partial charge in [0.15, 0.2) is 0 Å². The van der Waals surface area contributed by atoms with Gasteiger partial charge in [-0.05, 0) is 40.2 Å². The van der Waals surface area contributed by atoms with Crippen LogP contribution < -0.4 is 14.2 Å². The Hall–Kier alpha value is -1.72. The summed E-state index contributed by atoms with van der Waals surface area (Å²) >= 11 is 9.30.